The van der Waals surface area contributed by atoms with Crippen LogP contribution in [0.4, 0.5) is 0 Å². The van der Waals surface area contributed by atoms with E-state index < -0.39 is 6.10 Å². The van der Waals surface area contributed by atoms with Crippen molar-refractivity contribution in [2.45, 2.75) is 33.0 Å². The summed E-state index contributed by atoms with van der Waals surface area (Å²) in [6, 6.07) is 19.6. The van der Waals surface area contributed by atoms with Crippen LogP contribution >= 0.6 is 0 Å². The molecule has 0 spiro atoms. The highest BCUT2D eigenvalue weighted by Crippen LogP contribution is 2.32. The highest BCUT2D eigenvalue weighted by molar-refractivity contribution is 5.99. The number of carbonyl (C=O) groups excluding carboxylic acids is 1. The number of aliphatic hydroxyl groups is 1. The van der Waals surface area contributed by atoms with Crippen LogP contribution in [0.1, 0.15) is 57.6 Å². The van der Waals surface area contributed by atoms with Crippen LogP contribution in [0.25, 0.3) is 0 Å². The molecule has 0 amide bonds. The average Bonchev–Trinajstić information content (AvgIpc) is 2.79. The fourth-order valence-corrected chi connectivity index (χ4v) is 3.24. The number of phenols is 1. The number of Topliss-reactive ketones (excluding diaryl/α,β-unsaturated/α-hetero) is 1. The van der Waals surface area contributed by atoms with Crippen molar-refractivity contribution in [3.63, 3.8) is 0 Å². The number of rotatable bonds is 7. The maximum atomic E-state index is 11.9. The molecule has 0 fully saturated rings. The predicted molar refractivity (Wildman–Crippen MR) is 113 cm³/mol. The van der Waals surface area contributed by atoms with Gasteiger partial charge in [0.1, 0.15) is 24.2 Å². The molecule has 0 heterocycles. The summed E-state index contributed by atoms with van der Waals surface area (Å²) >= 11 is 0. The second-order valence-electron chi connectivity index (χ2n) is 7.04. The number of nitriles is 1. The zero-order valence-corrected chi connectivity index (χ0v) is 16.9. The minimum absolute atomic E-state index is 0.0547. The second kappa shape index (κ2) is 9.25. The zero-order valence-electron chi connectivity index (χ0n) is 16.9. The van der Waals surface area contributed by atoms with Gasteiger partial charge in [0.05, 0.1) is 17.2 Å². The second-order valence-corrected chi connectivity index (χ2v) is 7.04. The number of carbonyl (C=O) groups is 1. The van der Waals surface area contributed by atoms with Gasteiger partial charge in [-0.2, -0.15) is 5.26 Å². The van der Waals surface area contributed by atoms with Crippen molar-refractivity contribution in [1.82, 2.24) is 0 Å². The molecule has 5 heteroatoms. The third kappa shape index (κ3) is 4.51. The van der Waals surface area contributed by atoms with E-state index in [1.165, 1.54) is 0 Å². The molecule has 5 nitrogen and oxygen atoms in total. The molecule has 152 valence electrons. The van der Waals surface area contributed by atoms with Gasteiger partial charge in [0.25, 0.3) is 0 Å². The zero-order chi connectivity index (χ0) is 21.7. The van der Waals surface area contributed by atoms with Crippen molar-refractivity contribution in [2.75, 3.05) is 0 Å². The molecule has 2 N–H and O–H groups in total. The van der Waals surface area contributed by atoms with Gasteiger partial charge in [0, 0.05) is 12.0 Å². The standard InChI is InChI=1S/C25H23NO4/c1-3-22(27)21-10-11-23(16(2)24(21)28)30-15-18-7-5-9-20(13-18)25(29)19-8-4-6-17(12-19)14-26/h4-13,25,28-29H,3,15H2,1-2H3. The maximum Gasteiger partial charge on any atom is 0.166 e. The van der Waals surface area contributed by atoms with Crippen LogP contribution in [-0.2, 0) is 6.61 Å². The molecule has 0 radical (unpaired) electrons. The maximum absolute atomic E-state index is 11.9. The Hall–Kier alpha value is -3.62. The van der Waals surface area contributed by atoms with Gasteiger partial charge in [0.15, 0.2) is 5.78 Å². The van der Waals surface area contributed by atoms with Crippen LogP contribution in [0, 0.1) is 18.3 Å². The summed E-state index contributed by atoms with van der Waals surface area (Å²) in [6.45, 7) is 3.69. The van der Waals surface area contributed by atoms with Crippen LogP contribution in [-0.4, -0.2) is 16.0 Å². The number of ether oxygens (including phenoxy) is 1. The first-order chi connectivity index (χ1) is 14.4. The molecule has 0 saturated heterocycles. The molecule has 3 aromatic carbocycles. The summed E-state index contributed by atoms with van der Waals surface area (Å²) in [5, 5.41) is 30.1. The smallest absolute Gasteiger partial charge is 0.166 e. The fraction of sp³-hybridized carbons (Fsp3) is 0.200. The van der Waals surface area contributed by atoms with E-state index in [4.69, 9.17) is 10.00 Å². The lowest BCUT2D eigenvalue weighted by molar-refractivity contribution is 0.0985. The van der Waals surface area contributed by atoms with Gasteiger partial charge in [0.2, 0.25) is 0 Å². The number of benzene rings is 3. The number of aromatic hydroxyl groups is 1. The largest absolute Gasteiger partial charge is 0.507 e. The Labute approximate surface area is 175 Å². The lowest BCUT2D eigenvalue weighted by atomic mass is 9.98. The third-order valence-electron chi connectivity index (χ3n) is 5.00. The van der Waals surface area contributed by atoms with Crippen LogP contribution in [0.5, 0.6) is 11.5 Å². The van der Waals surface area contributed by atoms with Gasteiger partial charge < -0.3 is 14.9 Å². The average molecular weight is 401 g/mol. The molecule has 0 aliphatic heterocycles. The quantitative estimate of drug-likeness (QED) is 0.554. The Kier molecular flexibility index (Phi) is 6.51. The Bertz CT molecular complexity index is 1110. The van der Waals surface area contributed by atoms with E-state index in [9.17, 15) is 15.0 Å². The Balaban J connectivity index is 1.77. The summed E-state index contributed by atoms with van der Waals surface area (Å²) in [6.07, 6.45) is -0.539. The van der Waals surface area contributed by atoms with Gasteiger partial charge in [-0.25, -0.2) is 0 Å². The summed E-state index contributed by atoms with van der Waals surface area (Å²) in [7, 11) is 0. The fourth-order valence-electron chi connectivity index (χ4n) is 3.24. The summed E-state index contributed by atoms with van der Waals surface area (Å²) in [4.78, 5) is 11.9. The summed E-state index contributed by atoms with van der Waals surface area (Å²) < 4.78 is 5.85. The topological polar surface area (TPSA) is 90.5 Å². The first-order valence-corrected chi connectivity index (χ1v) is 9.70. The van der Waals surface area contributed by atoms with Gasteiger partial charge in [-0.15, -0.1) is 0 Å². The molecular weight excluding hydrogens is 378 g/mol. The first-order valence-electron chi connectivity index (χ1n) is 9.70. The number of aliphatic hydroxyl groups excluding tert-OH is 1. The molecule has 0 bridgehead atoms. The van der Waals surface area contributed by atoms with E-state index in [1.807, 2.05) is 24.3 Å². The van der Waals surface area contributed by atoms with Crippen molar-refractivity contribution in [3.05, 3.63) is 94.0 Å². The molecule has 0 saturated carbocycles. The van der Waals surface area contributed by atoms with Gasteiger partial charge in [-0.1, -0.05) is 37.3 Å². The van der Waals surface area contributed by atoms with E-state index in [0.29, 0.717) is 40.0 Å². The summed E-state index contributed by atoms with van der Waals surface area (Å²) in [5.41, 5.74) is 3.48. The van der Waals surface area contributed by atoms with Crippen LogP contribution in [0.3, 0.4) is 0 Å². The Morgan fingerprint density at radius 3 is 2.50 bits per heavy atom. The highest BCUT2D eigenvalue weighted by Gasteiger charge is 2.15. The number of ketones is 1. The van der Waals surface area contributed by atoms with Gasteiger partial charge in [-0.3, -0.25) is 4.79 Å². The molecule has 3 aromatic rings. The molecule has 1 unspecified atom stereocenters. The Morgan fingerprint density at radius 2 is 1.80 bits per heavy atom. The van der Waals surface area contributed by atoms with Gasteiger partial charge in [-0.05, 0) is 53.9 Å². The monoisotopic (exact) mass is 401 g/mol. The Morgan fingerprint density at radius 1 is 1.10 bits per heavy atom. The van der Waals surface area contributed by atoms with Crippen LogP contribution in [0.15, 0.2) is 60.7 Å². The molecule has 1 atom stereocenters. The number of phenolic OH excluding ortho intramolecular Hbond substituents is 1. The van der Waals surface area contributed by atoms with Crippen molar-refractivity contribution >= 4 is 5.78 Å². The van der Waals surface area contributed by atoms with Crippen molar-refractivity contribution < 1.29 is 19.7 Å². The highest BCUT2D eigenvalue weighted by atomic mass is 16.5. The van der Waals surface area contributed by atoms with Gasteiger partial charge >= 0.3 is 0 Å². The molecule has 30 heavy (non-hydrogen) atoms. The van der Waals surface area contributed by atoms with Crippen LogP contribution in [0.2, 0.25) is 0 Å². The normalized spacial score (nSPS) is 11.5. The van der Waals surface area contributed by atoms with Crippen molar-refractivity contribution in [3.8, 4) is 17.6 Å². The number of hydrogen-bond acceptors (Lipinski definition) is 5. The van der Waals surface area contributed by atoms with Crippen molar-refractivity contribution in [1.29, 1.82) is 5.26 Å². The minimum Gasteiger partial charge on any atom is -0.507 e. The third-order valence-corrected chi connectivity index (χ3v) is 5.00. The van der Waals surface area contributed by atoms with Crippen molar-refractivity contribution in [2.24, 2.45) is 0 Å². The summed E-state index contributed by atoms with van der Waals surface area (Å²) in [5.74, 6) is 0.318. The molecule has 3 rings (SSSR count). The lowest BCUT2D eigenvalue weighted by Gasteiger charge is -2.15. The first kappa shape index (κ1) is 21.1. The molecule has 0 aliphatic carbocycles. The molecule has 0 aliphatic rings. The SMILES string of the molecule is CCC(=O)c1ccc(OCc2cccc(C(O)c3cccc(C#N)c3)c2)c(C)c1O. The molecular formula is C25H23NO4. The van der Waals surface area contributed by atoms with E-state index >= 15 is 0 Å². The predicted octanol–water partition coefficient (Wildman–Crippen LogP) is 4.83. The molecule has 0 aromatic heterocycles. The van der Waals surface area contributed by atoms with E-state index in [0.717, 1.165) is 5.56 Å². The van der Waals surface area contributed by atoms with E-state index in [2.05, 4.69) is 6.07 Å². The van der Waals surface area contributed by atoms with Crippen LogP contribution < -0.4 is 4.74 Å². The minimum atomic E-state index is -0.858. The lowest BCUT2D eigenvalue weighted by Crippen LogP contribution is -2.04. The number of hydrogen-bond donors (Lipinski definition) is 2. The number of nitrogens with zero attached hydrogens (tertiary/aromatic N) is 1. The van der Waals surface area contributed by atoms with E-state index in [-0.39, 0.29) is 18.1 Å². The van der Waals surface area contributed by atoms with E-state index in [1.54, 1.807) is 50.2 Å².